The fourth-order valence-electron chi connectivity index (χ4n) is 3.12. The summed E-state index contributed by atoms with van der Waals surface area (Å²) in [6.07, 6.45) is 0. The van der Waals surface area contributed by atoms with Crippen molar-refractivity contribution in [1.29, 1.82) is 5.26 Å². The third-order valence-electron chi connectivity index (χ3n) is 4.45. The Morgan fingerprint density at radius 2 is 2.29 bits per heavy atom. The van der Waals surface area contributed by atoms with Gasteiger partial charge < -0.3 is 15.2 Å². The molecule has 0 aromatic carbocycles. The highest BCUT2D eigenvalue weighted by atomic mass is 32.2. The van der Waals surface area contributed by atoms with Crippen molar-refractivity contribution in [2.24, 2.45) is 7.05 Å². The maximum Gasteiger partial charge on any atom is 0.352 e. The van der Waals surface area contributed by atoms with Crippen LogP contribution in [0.5, 0.6) is 0 Å². The number of rotatable bonds is 9. The van der Waals surface area contributed by atoms with E-state index >= 15 is 0 Å². The van der Waals surface area contributed by atoms with Crippen LogP contribution in [0.4, 0.5) is 0 Å². The molecule has 166 valence electrons. The summed E-state index contributed by atoms with van der Waals surface area (Å²) in [5.41, 5.74) is -1.73. The molecule has 2 aliphatic rings. The van der Waals surface area contributed by atoms with Gasteiger partial charge in [-0.05, 0) is 16.0 Å². The molecule has 3 heterocycles. The van der Waals surface area contributed by atoms with Crippen molar-refractivity contribution in [3.63, 3.8) is 0 Å². The van der Waals surface area contributed by atoms with Crippen LogP contribution in [-0.4, -0.2) is 93.4 Å². The predicted molar refractivity (Wildman–Crippen MR) is 109 cm³/mol. The molecule has 3 rings (SSSR count). The van der Waals surface area contributed by atoms with Crippen LogP contribution < -0.4 is 5.32 Å². The molecule has 0 aliphatic carbocycles. The second kappa shape index (κ2) is 9.34. The normalized spacial score (nSPS) is 23.6. The van der Waals surface area contributed by atoms with Gasteiger partial charge in [0.15, 0.2) is 0 Å². The van der Waals surface area contributed by atoms with Gasteiger partial charge in [-0.1, -0.05) is 5.10 Å². The van der Waals surface area contributed by atoms with Gasteiger partial charge in [0.25, 0.3) is 11.6 Å². The second-order valence-corrected chi connectivity index (χ2v) is 9.71. The number of nitrogens with zero attached hydrogens (tertiary/aromatic N) is 6. The highest BCUT2D eigenvalue weighted by molar-refractivity contribution is 8.00. The minimum Gasteiger partial charge on any atom is -0.477 e. The average Bonchev–Trinajstić information content (AvgIpc) is 3.17. The number of carboxylic acid groups (broad SMARTS) is 1. The van der Waals surface area contributed by atoms with Crippen molar-refractivity contribution in [2.45, 2.75) is 16.3 Å². The number of methoxy groups -OCH3 is 1. The number of amides is 2. The highest BCUT2D eigenvalue weighted by Gasteiger charge is 2.66. The zero-order valence-electron chi connectivity index (χ0n) is 16.3. The number of carbonyl (C=O) groups excluding carboxylic acids is 2. The Labute approximate surface area is 187 Å². The largest absolute Gasteiger partial charge is 0.477 e. The van der Waals surface area contributed by atoms with E-state index in [-0.39, 0.29) is 39.4 Å². The Morgan fingerprint density at radius 1 is 1.55 bits per heavy atom. The number of fused-ring (bicyclic) bond motifs is 1. The standard InChI is InChI=1S/C15H17N7O6S3/c1-21-14(18-19-20-21)31(27)7-8-5-30-13-15(28-2,17-9(23)6-29-4-3-16)12(26)22(13)10(8)11(24)25/h13H,4-7H2,1-2H3,(H,17,23)(H,24,25)/t13-,15+,31?/m1/s1. The molecule has 13 nitrogen and oxygen atoms in total. The van der Waals surface area contributed by atoms with E-state index in [2.05, 4.69) is 20.8 Å². The minimum absolute atomic E-state index is 0.0546. The number of hydrogen-bond acceptors (Lipinski definition) is 11. The maximum atomic E-state index is 12.9. The summed E-state index contributed by atoms with van der Waals surface area (Å²) in [4.78, 5) is 38.1. The Bertz CT molecular complexity index is 1020. The Kier molecular flexibility index (Phi) is 6.99. The number of aromatic nitrogens is 4. The number of nitriles is 1. The van der Waals surface area contributed by atoms with Crippen LogP contribution in [0.3, 0.4) is 0 Å². The lowest BCUT2D eigenvalue weighted by atomic mass is 9.98. The van der Waals surface area contributed by atoms with Gasteiger partial charge in [0.2, 0.25) is 11.1 Å². The Balaban J connectivity index is 1.83. The van der Waals surface area contributed by atoms with Gasteiger partial charge in [-0.15, -0.1) is 23.5 Å². The van der Waals surface area contributed by atoms with Crippen molar-refractivity contribution in [3.05, 3.63) is 11.3 Å². The van der Waals surface area contributed by atoms with Gasteiger partial charge in [-0.2, -0.15) is 5.26 Å². The maximum absolute atomic E-state index is 12.9. The lowest BCUT2D eigenvalue weighted by Crippen LogP contribution is -2.80. The molecule has 1 aromatic rings. The zero-order chi connectivity index (χ0) is 22.8. The topological polar surface area (TPSA) is 180 Å². The monoisotopic (exact) mass is 487 g/mol. The summed E-state index contributed by atoms with van der Waals surface area (Å²) in [5.74, 6) is -2.58. The number of thioether (sulfide) groups is 2. The molecule has 0 spiro atoms. The van der Waals surface area contributed by atoms with Crippen LogP contribution in [0.15, 0.2) is 16.4 Å². The number of carboxylic acids is 1. The highest BCUT2D eigenvalue weighted by Crippen LogP contribution is 2.46. The zero-order valence-corrected chi connectivity index (χ0v) is 18.8. The number of aryl methyl sites for hydroxylation is 1. The van der Waals surface area contributed by atoms with Crippen LogP contribution in [0.1, 0.15) is 0 Å². The van der Waals surface area contributed by atoms with Gasteiger partial charge in [0.1, 0.15) is 11.1 Å². The number of carbonyl (C=O) groups is 3. The molecule has 2 N–H and O–H groups in total. The van der Waals surface area contributed by atoms with E-state index in [1.54, 1.807) is 0 Å². The SMILES string of the molecule is CO[C@@]1(NC(=O)CSCC#N)C(=O)N2C(C(=O)O)=C(CS(=O)c3nnnn3C)CS[C@@H]21. The van der Waals surface area contributed by atoms with Gasteiger partial charge in [-0.3, -0.25) is 18.7 Å². The minimum atomic E-state index is -1.72. The first-order valence-electron chi connectivity index (χ1n) is 8.59. The molecular weight excluding hydrogens is 470 g/mol. The first-order chi connectivity index (χ1) is 14.8. The van der Waals surface area contributed by atoms with Crippen molar-refractivity contribution >= 4 is 52.1 Å². The molecule has 2 aliphatic heterocycles. The summed E-state index contributed by atoms with van der Waals surface area (Å²) in [7, 11) is 1.03. The van der Waals surface area contributed by atoms with Crippen molar-refractivity contribution in [2.75, 3.05) is 30.1 Å². The van der Waals surface area contributed by atoms with Gasteiger partial charge in [-0.25, -0.2) is 9.48 Å². The summed E-state index contributed by atoms with van der Waals surface area (Å²) in [6, 6.07) is 1.90. The fourth-order valence-corrected chi connectivity index (χ4v) is 6.29. The average molecular weight is 488 g/mol. The second-order valence-electron chi connectivity index (χ2n) is 6.31. The number of ether oxygens (including phenoxy) is 1. The Hall–Kier alpha value is -2.48. The number of aliphatic carboxylic acids is 1. The first-order valence-corrected chi connectivity index (χ1v) is 12.1. The number of nitrogens with one attached hydrogen (secondary N) is 1. The third kappa shape index (κ3) is 4.18. The van der Waals surface area contributed by atoms with Crippen LogP contribution >= 0.6 is 23.5 Å². The van der Waals surface area contributed by atoms with E-state index in [0.717, 1.165) is 16.7 Å². The summed E-state index contributed by atoms with van der Waals surface area (Å²) < 4.78 is 19.2. The third-order valence-corrected chi connectivity index (χ3v) is 7.99. The molecule has 2 amide bonds. The first kappa shape index (κ1) is 23.2. The molecule has 0 saturated carbocycles. The predicted octanol–water partition coefficient (Wildman–Crippen LogP) is -1.71. The molecule has 1 unspecified atom stereocenters. The summed E-state index contributed by atoms with van der Waals surface area (Å²) in [6.45, 7) is 0. The molecule has 0 bridgehead atoms. The smallest absolute Gasteiger partial charge is 0.352 e. The Morgan fingerprint density at radius 3 is 2.87 bits per heavy atom. The van der Waals surface area contributed by atoms with Crippen molar-refractivity contribution in [1.82, 2.24) is 30.4 Å². The van der Waals surface area contributed by atoms with Crippen molar-refractivity contribution in [3.8, 4) is 6.07 Å². The van der Waals surface area contributed by atoms with Crippen LogP contribution in [0, 0.1) is 11.3 Å². The molecule has 1 saturated heterocycles. The van der Waals surface area contributed by atoms with Gasteiger partial charge >= 0.3 is 5.97 Å². The molecule has 1 fully saturated rings. The van der Waals surface area contributed by atoms with E-state index in [1.165, 1.54) is 30.6 Å². The molecule has 31 heavy (non-hydrogen) atoms. The summed E-state index contributed by atoms with van der Waals surface area (Å²) in [5, 5.41) is 30.8. The number of tetrazole rings is 1. The quantitative estimate of drug-likeness (QED) is 0.229. The van der Waals surface area contributed by atoms with Crippen LogP contribution in [-0.2, 0) is 37.0 Å². The van der Waals surface area contributed by atoms with Crippen molar-refractivity contribution < 1.29 is 28.4 Å². The van der Waals surface area contributed by atoms with E-state index in [4.69, 9.17) is 10.00 Å². The lowest BCUT2D eigenvalue weighted by molar-refractivity contribution is -0.192. The van der Waals surface area contributed by atoms with Crippen LogP contribution in [0.2, 0.25) is 0 Å². The van der Waals surface area contributed by atoms with Crippen LogP contribution in [0.25, 0.3) is 0 Å². The molecule has 0 radical (unpaired) electrons. The lowest BCUT2D eigenvalue weighted by Gasteiger charge is -2.55. The van der Waals surface area contributed by atoms with Gasteiger partial charge in [0, 0.05) is 19.9 Å². The van der Waals surface area contributed by atoms with E-state index in [0.29, 0.717) is 0 Å². The summed E-state index contributed by atoms with van der Waals surface area (Å²) >= 11 is 2.26. The molecule has 16 heteroatoms. The van der Waals surface area contributed by atoms with Gasteiger partial charge in [0.05, 0.1) is 34.1 Å². The van der Waals surface area contributed by atoms with E-state index < -0.39 is 39.7 Å². The molecule has 3 atom stereocenters. The fraction of sp³-hybridized carbons (Fsp3) is 0.533. The molecule has 1 aromatic heterocycles. The molecular formula is C15H17N7O6S3. The number of hydrogen-bond donors (Lipinski definition) is 2. The van der Waals surface area contributed by atoms with E-state index in [9.17, 15) is 23.7 Å². The van der Waals surface area contributed by atoms with E-state index in [1.807, 2.05) is 6.07 Å². The number of β-lactam (4-membered cyclic amide) rings is 1.